The molecule has 0 atom stereocenters. The van der Waals surface area contributed by atoms with Crippen molar-refractivity contribution < 1.29 is 9.28 Å². The van der Waals surface area contributed by atoms with Crippen LogP contribution in [0.15, 0.2) is 60.2 Å². The van der Waals surface area contributed by atoms with Crippen LogP contribution in [-0.2, 0) is 4.79 Å². The third kappa shape index (κ3) is 3.79. The van der Waals surface area contributed by atoms with E-state index in [0.29, 0.717) is 0 Å². The van der Waals surface area contributed by atoms with E-state index in [1.54, 1.807) is 24.8 Å². The third-order valence-electron chi connectivity index (χ3n) is 3.87. The molecule has 0 unspecified atom stereocenters. The van der Waals surface area contributed by atoms with E-state index in [4.69, 9.17) is 0 Å². The topological polar surface area (TPSA) is 42.9 Å². The first-order valence-electron chi connectivity index (χ1n) is 7.61. The minimum absolute atomic E-state index is 0.135. The van der Waals surface area contributed by atoms with Gasteiger partial charge in [0.1, 0.15) is 13.1 Å². The summed E-state index contributed by atoms with van der Waals surface area (Å²) in [6.07, 6.45) is 10.9. The zero-order chi connectivity index (χ0) is 16.3. The highest BCUT2D eigenvalue weighted by molar-refractivity contribution is 6.14. The van der Waals surface area contributed by atoms with Gasteiger partial charge < -0.3 is 4.48 Å². The van der Waals surface area contributed by atoms with Crippen LogP contribution in [0, 0.1) is 0 Å². The largest absolute Gasteiger partial charge is 0.321 e. The highest BCUT2D eigenvalue weighted by Gasteiger charge is 2.33. The van der Waals surface area contributed by atoms with Gasteiger partial charge in [-0.1, -0.05) is 0 Å². The van der Waals surface area contributed by atoms with Gasteiger partial charge in [-0.15, -0.1) is 0 Å². The first kappa shape index (κ1) is 15.3. The monoisotopic (exact) mass is 306 g/mol. The molecule has 2 aromatic heterocycles. The van der Waals surface area contributed by atoms with Crippen LogP contribution < -0.4 is 0 Å². The fourth-order valence-corrected chi connectivity index (χ4v) is 2.87. The summed E-state index contributed by atoms with van der Waals surface area (Å²) in [4.78, 5) is 20.9. The minimum Gasteiger partial charge on any atom is -0.321 e. The van der Waals surface area contributed by atoms with Crippen molar-refractivity contribution in [3.8, 4) is 0 Å². The van der Waals surface area contributed by atoms with Gasteiger partial charge in [0.15, 0.2) is 5.78 Å². The second-order valence-corrected chi connectivity index (χ2v) is 6.48. The number of rotatable bonds is 2. The summed E-state index contributed by atoms with van der Waals surface area (Å²) in [6.45, 7) is 1.46. The van der Waals surface area contributed by atoms with Crippen LogP contribution in [0.2, 0.25) is 0 Å². The Morgan fingerprint density at radius 2 is 1.22 bits per heavy atom. The van der Waals surface area contributed by atoms with Gasteiger partial charge in [-0.05, 0) is 47.5 Å². The number of hydrogen-bond acceptors (Lipinski definition) is 3. The SMILES string of the molecule is C[N+]1(C)CC(=Cc2ccncc2)C(=O)C(=Cc2ccncc2)C1. The fraction of sp³-hybridized carbons (Fsp3) is 0.211. The smallest absolute Gasteiger partial charge is 0.196 e. The van der Waals surface area contributed by atoms with Gasteiger partial charge >= 0.3 is 0 Å². The van der Waals surface area contributed by atoms with E-state index in [9.17, 15) is 4.79 Å². The molecule has 0 bridgehead atoms. The van der Waals surface area contributed by atoms with Crippen molar-refractivity contribution >= 4 is 17.9 Å². The number of hydrogen-bond donors (Lipinski definition) is 0. The Bertz CT molecular complexity index is 698. The van der Waals surface area contributed by atoms with Crippen LogP contribution in [0.4, 0.5) is 0 Å². The Morgan fingerprint density at radius 3 is 1.61 bits per heavy atom. The summed E-state index contributed by atoms with van der Waals surface area (Å²) in [7, 11) is 4.29. The summed E-state index contributed by atoms with van der Waals surface area (Å²) in [5.41, 5.74) is 3.70. The quantitative estimate of drug-likeness (QED) is 0.633. The van der Waals surface area contributed by atoms with Crippen molar-refractivity contribution in [2.75, 3.05) is 27.2 Å². The number of nitrogens with zero attached hydrogens (tertiary/aromatic N) is 3. The molecule has 0 aliphatic carbocycles. The lowest BCUT2D eigenvalue weighted by atomic mass is 9.93. The number of piperidine rings is 1. The highest BCUT2D eigenvalue weighted by Crippen LogP contribution is 2.24. The maximum atomic E-state index is 12.8. The zero-order valence-corrected chi connectivity index (χ0v) is 13.4. The lowest BCUT2D eigenvalue weighted by Crippen LogP contribution is -2.48. The van der Waals surface area contributed by atoms with Crippen LogP contribution in [0.5, 0.6) is 0 Å². The first-order valence-corrected chi connectivity index (χ1v) is 7.61. The average molecular weight is 306 g/mol. The maximum absolute atomic E-state index is 12.8. The molecular weight excluding hydrogens is 286 g/mol. The van der Waals surface area contributed by atoms with Crippen LogP contribution in [-0.4, -0.2) is 47.4 Å². The van der Waals surface area contributed by atoms with Gasteiger partial charge in [-0.3, -0.25) is 14.8 Å². The molecule has 4 nitrogen and oxygen atoms in total. The lowest BCUT2D eigenvalue weighted by molar-refractivity contribution is -0.881. The van der Waals surface area contributed by atoms with Gasteiger partial charge in [0.2, 0.25) is 0 Å². The molecule has 23 heavy (non-hydrogen) atoms. The predicted octanol–water partition coefficient (Wildman–Crippen LogP) is 2.60. The summed E-state index contributed by atoms with van der Waals surface area (Å²) in [5, 5.41) is 0. The zero-order valence-electron chi connectivity index (χ0n) is 13.4. The number of likely N-dealkylation sites (N-methyl/N-ethyl adjacent to an activating group) is 1. The van der Waals surface area contributed by atoms with Gasteiger partial charge in [0, 0.05) is 24.8 Å². The molecule has 4 heteroatoms. The maximum Gasteiger partial charge on any atom is 0.196 e. The van der Waals surface area contributed by atoms with E-state index in [0.717, 1.165) is 39.8 Å². The number of carbonyl (C=O) groups excluding carboxylic acids is 1. The van der Waals surface area contributed by atoms with E-state index in [1.807, 2.05) is 36.4 Å². The van der Waals surface area contributed by atoms with Crippen LogP contribution in [0.25, 0.3) is 12.2 Å². The lowest BCUT2D eigenvalue weighted by Gasteiger charge is -2.35. The summed E-state index contributed by atoms with van der Waals surface area (Å²) in [5.74, 6) is 0.135. The molecule has 1 saturated heterocycles. The Labute approximate surface area is 136 Å². The standard InChI is InChI=1S/C19H20N3O/c1-22(2)13-17(11-15-3-7-20-8-4-15)19(23)18(14-22)12-16-5-9-21-10-6-16/h3-12H,13-14H2,1-2H3/q+1. The van der Waals surface area contributed by atoms with E-state index in [1.165, 1.54) is 0 Å². The average Bonchev–Trinajstić information content (AvgIpc) is 2.53. The molecule has 0 saturated carbocycles. The van der Waals surface area contributed by atoms with Gasteiger partial charge in [0.05, 0.1) is 25.2 Å². The first-order chi connectivity index (χ1) is 11.0. The molecule has 0 radical (unpaired) electrons. The van der Waals surface area contributed by atoms with E-state index in [-0.39, 0.29) is 5.78 Å². The predicted molar refractivity (Wildman–Crippen MR) is 91.3 cm³/mol. The number of aromatic nitrogens is 2. The molecule has 1 aliphatic rings. The second kappa shape index (κ2) is 6.26. The number of quaternary nitrogens is 1. The van der Waals surface area contributed by atoms with Crippen molar-refractivity contribution in [2.24, 2.45) is 0 Å². The number of ketones is 1. The number of Topliss-reactive ketones (excluding diaryl/α,β-unsaturated/α-hetero) is 1. The number of likely N-dealkylation sites (tertiary alicyclic amines) is 1. The Hall–Kier alpha value is -2.59. The fourth-order valence-electron chi connectivity index (χ4n) is 2.87. The van der Waals surface area contributed by atoms with Crippen LogP contribution >= 0.6 is 0 Å². The van der Waals surface area contributed by atoms with Crippen molar-refractivity contribution in [3.63, 3.8) is 0 Å². The summed E-state index contributed by atoms with van der Waals surface area (Å²) < 4.78 is 0.763. The Morgan fingerprint density at radius 1 is 0.826 bits per heavy atom. The Balaban J connectivity index is 1.98. The van der Waals surface area contributed by atoms with E-state index >= 15 is 0 Å². The van der Waals surface area contributed by atoms with Crippen molar-refractivity contribution in [1.82, 2.24) is 9.97 Å². The van der Waals surface area contributed by atoms with Crippen molar-refractivity contribution in [3.05, 3.63) is 71.3 Å². The van der Waals surface area contributed by atoms with Crippen LogP contribution in [0.1, 0.15) is 11.1 Å². The van der Waals surface area contributed by atoms with E-state index in [2.05, 4.69) is 24.1 Å². The molecule has 2 aromatic rings. The molecule has 3 rings (SSSR count). The molecule has 0 spiro atoms. The summed E-state index contributed by atoms with van der Waals surface area (Å²) >= 11 is 0. The Kier molecular flexibility index (Phi) is 4.17. The van der Waals surface area contributed by atoms with E-state index < -0.39 is 0 Å². The number of pyridine rings is 2. The third-order valence-corrected chi connectivity index (χ3v) is 3.87. The highest BCUT2D eigenvalue weighted by atomic mass is 16.1. The molecule has 1 aliphatic heterocycles. The minimum atomic E-state index is 0.135. The molecule has 3 heterocycles. The van der Waals surface area contributed by atoms with Crippen molar-refractivity contribution in [1.29, 1.82) is 0 Å². The molecule has 0 amide bonds. The van der Waals surface area contributed by atoms with Gasteiger partial charge in [-0.2, -0.15) is 0 Å². The normalized spacial score (nSPS) is 20.9. The second-order valence-electron chi connectivity index (χ2n) is 6.48. The van der Waals surface area contributed by atoms with Crippen molar-refractivity contribution in [2.45, 2.75) is 0 Å². The summed E-state index contributed by atoms with van der Waals surface area (Å²) in [6, 6.07) is 7.67. The molecule has 0 aromatic carbocycles. The molecular formula is C19H20N3O+. The van der Waals surface area contributed by atoms with Gasteiger partial charge in [0.25, 0.3) is 0 Å². The van der Waals surface area contributed by atoms with Gasteiger partial charge in [-0.25, -0.2) is 0 Å². The molecule has 1 fully saturated rings. The van der Waals surface area contributed by atoms with Crippen LogP contribution in [0.3, 0.4) is 0 Å². The number of carbonyl (C=O) groups is 1. The molecule has 116 valence electrons. The molecule has 0 N–H and O–H groups in total.